The fourth-order valence-electron chi connectivity index (χ4n) is 1.86. The van der Waals surface area contributed by atoms with Crippen LogP contribution in [0.25, 0.3) is 0 Å². The van der Waals surface area contributed by atoms with Crippen LogP contribution < -0.4 is 4.90 Å². The number of hydrogen-bond donors (Lipinski definition) is 0. The first-order chi connectivity index (χ1) is 6.09. The number of aromatic nitrogens is 2. The second-order valence-corrected chi connectivity index (χ2v) is 4.60. The third-order valence-corrected chi connectivity index (χ3v) is 2.53. The minimum absolute atomic E-state index is 0.184. The van der Waals surface area contributed by atoms with Crippen molar-refractivity contribution in [2.45, 2.75) is 39.3 Å². The van der Waals surface area contributed by atoms with E-state index in [0.29, 0.717) is 0 Å². The minimum atomic E-state index is 0.184. The number of fused-ring (bicyclic) bond motifs is 1. The first-order valence-corrected chi connectivity index (χ1v) is 4.88. The van der Waals surface area contributed by atoms with Crippen molar-refractivity contribution in [1.29, 1.82) is 0 Å². The van der Waals surface area contributed by atoms with E-state index in [4.69, 9.17) is 0 Å². The Bertz CT molecular complexity index is 295. The van der Waals surface area contributed by atoms with Gasteiger partial charge < -0.3 is 9.47 Å². The number of hydrogen-bond acceptors (Lipinski definition) is 2. The molecule has 1 aromatic heterocycles. The Hall–Kier alpha value is -0.990. The zero-order valence-electron chi connectivity index (χ0n) is 8.62. The smallest absolute Gasteiger partial charge is 0.205 e. The Morgan fingerprint density at radius 2 is 2.08 bits per heavy atom. The molecular formula is C10H17N3. The molecule has 0 atom stereocenters. The van der Waals surface area contributed by atoms with Crippen LogP contribution in [0.5, 0.6) is 0 Å². The molecule has 0 saturated carbocycles. The quantitative estimate of drug-likeness (QED) is 0.606. The Kier molecular flexibility index (Phi) is 1.82. The van der Waals surface area contributed by atoms with E-state index in [1.807, 2.05) is 6.20 Å². The summed E-state index contributed by atoms with van der Waals surface area (Å²) in [5.74, 6) is 1.12. The van der Waals surface area contributed by atoms with Crippen LogP contribution in [0.2, 0.25) is 0 Å². The summed E-state index contributed by atoms with van der Waals surface area (Å²) in [5, 5.41) is 0. The third kappa shape index (κ3) is 1.43. The highest BCUT2D eigenvalue weighted by Gasteiger charge is 2.27. The molecular weight excluding hydrogens is 162 g/mol. The lowest BCUT2D eigenvalue weighted by molar-refractivity contribution is 0.438. The maximum absolute atomic E-state index is 4.39. The van der Waals surface area contributed by atoms with Crippen LogP contribution in [0.1, 0.15) is 27.2 Å². The molecule has 0 fully saturated rings. The molecule has 0 aliphatic carbocycles. The number of nitrogens with zero attached hydrogens (tertiary/aromatic N) is 3. The first-order valence-electron chi connectivity index (χ1n) is 4.88. The molecule has 0 N–H and O–H groups in total. The standard InChI is InChI=1S/C10H17N3/c1-10(2,3)13-7-4-6-12-8-5-11-9(12)13/h5,8H,4,6-7H2,1-3H3. The van der Waals surface area contributed by atoms with Gasteiger partial charge >= 0.3 is 0 Å². The number of rotatable bonds is 0. The van der Waals surface area contributed by atoms with Crippen LogP contribution in [0, 0.1) is 0 Å². The van der Waals surface area contributed by atoms with E-state index >= 15 is 0 Å². The van der Waals surface area contributed by atoms with Crippen LogP contribution in [0.3, 0.4) is 0 Å². The van der Waals surface area contributed by atoms with Gasteiger partial charge in [0.15, 0.2) is 0 Å². The molecule has 0 saturated heterocycles. The minimum Gasteiger partial charge on any atom is -0.337 e. The monoisotopic (exact) mass is 179 g/mol. The summed E-state index contributed by atoms with van der Waals surface area (Å²) < 4.78 is 2.23. The summed E-state index contributed by atoms with van der Waals surface area (Å²) in [6.07, 6.45) is 5.17. The van der Waals surface area contributed by atoms with E-state index in [2.05, 4.69) is 41.4 Å². The lowest BCUT2D eigenvalue weighted by Gasteiger charge is -2.39. The lowest BCUT2D eigenvalue weighted by atomic mass is 10.1. The van der Waals surface area contributed by atoms with Crippen molar-refractivity contribution in [2.75, 3.05) is 11.4 Å². The molecule has 2 heterocycles. The topological polar surface area (TPSA) is 21.1 Å². The average Bonchev–Trinajstić information content (AvgIpc) is 2.48. The molecule has 1 aromatic rings. The van der Waals surface area contributed by atoms with Gasteiger partial charge in [-0.15, -0.1) is 0 Å². The Morgan fingerprint density at radius 3 is 2.77 bits per heavy atom. The molecule has 72 valence electrons. The summed E-state index contributed by atoms with van der Waals surface area (Å²) in [7, 11) is 0. The second-order valence-electron chi connectivity index (χ2n) is 4.60. The van der Waals surface area contributed by atoms with Crippen molar-refractivity contribution < 1.29 is 0 Å². The molecule has 3 heteroatoms. The summed E-state index contributed by atoms with van der Waals surface area (Å²) >= 11 is 0. The van der Waals surface area contributed by atoms with Gasteiger partial charge in [0.05, 0.1) is 0 Å². The van der Waals surface area contributed by atoms with Gasteiger partial charge in [-0.1, -0.05) is 0 Å². The van der Waals surface area contributed by atoms with E-state index in [1.165, 1.54) is 6.42 Å². The van der Waals surface area contributed by atoms with E-state index in [-0.39, 0.29) is 5.54 Å². The molecule has 3 nitrogen and oxygen atoms in total. The highest BCUT2D eigenvalue weighted by molar-refractivity contribution is 5.36. The predicted molar refractivity (Wildman–Crippen MR) is 53.9 cm³/mol. The number of anilines is 1. The van der Waals surface area contributed by atoms with Gasteiger partial charge in [-0.25, -0.2) is 4.98 Å². The predicted octanol–water partition coefficient (Wildman–Crippen LogP) is 1.89. The molecule has 0 spiro atoms. The first kappa shape index (κ1) is 8.60. The third-order valence-electron chi connectivity index (χ3n) is 2.53. The van der Waals surface area contributed by atoms with E-state index < -0.39 is 0 Å². The summed E-state index contributed by atoms with van der Waals surface area (Å²) in [6, 6.07) is 0. The molecule has 2 rings (SSSR count). The van der Waals surface area contributed by atoms with Crippen LogP contribution in [0.4, 0.5) is 5.95 Å². The number of imidazole rings is 1. The molecule has 0 unspecified atom stereocenters. The molecule has 0 amide bonds. The zero-order valence-corrected chi connectivity index (χ0v) is 8.62. The lowest BCUT2D eigenvalue weighted by Crippen LogP contribution is -2.46. The van der Waals surface area contributed by atoms with E-state index in [1.54, 1.807) is 0 Å². The fourth-order valence-corrected chi connectivity index (χ4v) is 1.86. The molecule has 1 aliphatic heterocycles. The summed E-state index contributed by atoms with van der Waals surface area (Å²) in [6.45, 7) is 8.94. The van der Waals surface area contributed by atoms with Crippen molar-refractivity contribution in [3.63, 3.8) is 0 Å². The van der Waals surface area contributed by atoms with Gasteiger partial charge in [-0.2, -0.15) is 0 Å². The SMILES string of the molecule is CC(C)(C)N1CCCn2ccnc21. The maximum Gasteiger partial charge on any atom is 0.205 e. The summed E-state index contributed by atoms with van der Waals surface area (Å²) in [5.41, 5.74) is 0.184. The van der Waals surface area contributed by atoms with Gasteiger partial charge in [0.25, 0.3) is 0 Å². The molecule has 1 aliphatic rings. The van der Waals surface area contributed by atoms with Crippen molar-refractivity contribution in [3.8, 4) is 0 Å². The average molecular weight is 179 g/mol. The molecule has 0 radical (unpaired) electrons. The van der Waals surface area contributed by atoms with Crippen LogP contribution in [0.15, 0.2) is 12.4 Å². The maximum atomic E-state index is 4.39. The Labute approximate surface area is 79.4 Å². The Balaban J connectivity index is 2.35. The molecule has 0 aromatic carbocycles. The normalized spacial score (nSPS) is 17.3. The van der Waals surface area contributed by atoms with Crippen molar-refractivity contribution in [3.05, 3.63) is 12.4 Å². The van der Waals surface area contributed by atoms with Crippen LogP contribution in [-0.4, -0.2) is 21.6 Å². The highest BCUT2D eigenvalue weighted by Crippen LogP contribution is 2.25. The molecule has 0 bridgehead atoms. The highest BCUT2D eigenvalue weighted by atomic mass is 15.3. The van der Waals surface area contributed by atoms with E-state index in [0.717, 1.165) is 19.0 Å². The van der Waals surface area contributed by atoms with Gasteiger partial charge in [-0.3, -0.25) is 0 Å². The van der Waals surface area contributed by atoms with Gasteiger partial charge in [0.1, 0.15) is 0 Å². The van der Waals surface area contributed by atoms with Crippen molar-refractivity contribution >= 4 is 5.95 Å². The van der Waals surface area contributed by atoms with Gasteiger partial charge in [0.2, 0.25) is 5.95 Å². The van der Waals surface area contributed by atoms with Gasteiger partial charge in [0, 0.05) is 31.0 Å². The van der Waals surface area contributed by atoms with Crippen LogP contribution in [-0.2, 0) is 6.54 Å². The second kappa shape index (κ2) is 2.76. The van der Waals surface area contributed by atoms with Crippen LogP contribution >= 0.6 is 0 Å². The number of aryl methyl sites for hydroxylation is 1. The van der Waals surface area contributed by atoms with Gasteiger partial charge in [-0.05, 0) is 27.2 Å². The Morgan fingerprint density at radius 1 is 1.31 bits per heavy atom. The fraction of sp³-hybridized carbons (Fsp3) is 0.700. The van der Waals surface area contributed by atoms with Crippen molar-refractivity contribution in [2.24, 2.45) is 0 Å². The zero-order chi connectivity index (χ0) is 9.47. The van der Waals surface area contributed by atoms with Crippen molar-refractivity contribution in [1.82, 2.24) is 9.55 Å². The summed E-state index contributed by atoms with van der Waals surface area (Å²) in [4.78, 5) is 6.77. The largest absolute Gasteiger partial charge is 0.337 e. The van der Waals surface area contributed by atoms with E-state index in [9.17, 15) is 0 Å². The molecule has 13 heavy (non-hydrogen) atoms.